The maximum atomic E-state index is 12.0. The van der Waals surface area contributed by atoms with Gasteiger partial charge in [0.05, 0.1) is 6.10 Å². The van der Waals surface area contributed by atoms with E-state index in [1.807, 2.05) is 26.0 Å². The molecule has 2 aromatic rings. The van der Waals surface area contributed by atoms with E-state index >= 15 is 0 Å². The van der Waals surface area contributed by atoms with Crippen molar-refractivity contribution in [1.82, 2.24) is 5.32 Å². The SMILES string of the molecule is CC1(C)Cc2cccc(OCC(=O)NCC(O)c3ccc(Cl)cc3)c2O1. The van der Waals surface area contributed by atoms with Crippen molar-refractivity contribution in [3.8, 4) is 11.5 Å². The van der Waals surface area contributed by atoms with Crippen molar-refractivity contribution in [3.63, 3.8) is 0 Å². The fourth-order valence-electron chi connectivity index (χ4n) is 2.91. The summed E-state index contributed by atoms with van der Waals surface area (Å²) in [7, 11) is 0. The topological polar surface area (TPSA) is 67.8 Å². The first-order valence-electron chi connectivity index (χ1n) is 8.48. The van der Waals surface area contributed by atoms with E-state index in [-0.39, 0.29) is 24.7 Å². The molecule has 0 aromatic heterocycles. The van der Waals surface area contributed by atoms with Crippen LogP contribution < -0.4 is 14.8 Å². The molecule has 1 amide bonds. The van der Waals surface area contributed by atoms with Gasteiger partial charge in [0, 0.05) is 23.6 Å². The van der Waals surface area contributed by atoms with Gasteiger partial charge in [-0.3, -0.25) is 4.79 Å². The van der Waals surface area contributed by atoms with E-state index in [0.717, 1.165) is 12.0 Å². The zero-order valence-electron chi connectivity index (χ0n) is 14.8. The average Bonchev–Trinajstić information content (AvgIpc) is 2.92. The number of benzene rings is 2. The Morgan fingerprint density at radius 1 is 1.31 bits per heavy atom. The van der Waals surface area contributed by atoms with Gasteiger partial charge in [0.25, 0.3) is 5.91 Å². The number of nitrogens with one attached hydrogen (secondary N) is 1. The minimum absolute atomic E-state index is 0.0975. The van der Waals surface area contributed by atoms with Crippen LogP contribution in [-0.4, -0.2) is 29.8 Å². The number of aliphatic hydroxyl groups excluding tert-OH is 1. The van der Waals surface area contributed by atoms with E-state index in [1.165, 1.54) is 0 Å². The van der Waals surface area contributed by atoms with Gasteiger partial charge in [-0.05, 0) is 37.6 Å². The van der Waals surface area contributed by atoms with Crippen LogP contribution in [0.1, 0.15) is 31.1 Å². The molecule has 0 fully saturated rings. The number of halogens is 1. The van der Waals surface area contributed by atoms with Gasteiger partial charge in [-0.2, -0.15) is 0 Å². The number of hydrogen-bond acceptors (Lipinski definition) is 4. The van der Waals surface area contributed by atoms with Crippen LogP contribution in [-0.2, 0) is 11.2 Å². The molecule has 0 bridgehead atoms. The van der Waals surface area contributed by atoms with Crippen LogP contribution in [0, 0.1) is 0 Å². The minimum Gasteiger partial charge on any atom is -0.483 e. The van der Waals surface area contributed by atoms with Crippen LogP contribution in [0.2, 0.25) is 5.02 Å². The van der Waals surface area contributed by atoms with Gasteiger partial charge in [0.15, 0.2) is 18.1 Å². The summed E-state index contributed by atoms with van der Waals surface area (Å²) < 4.78 is 11.5. The Morgan fingerprint density at radius 3 is 2.77 bits per heavy atom. The number of carbonyl (C=O) groups excluding carboxylic acids is 1. The Labute approximate surface area is 157 Å². The Morgan fingerprint density at radius 2 is 2.04 bits per heavy atom. The maximum absolute atomic E-state index is 12.0. The van der Waals surface area contributed by atoms with Crippen molar-refractivity contribution in [3.05, 3.63) is 58.6 Å². The third-order valence-electron chi connectivity index (χ3n) is 4.16. The molecular formula is C20H22ClNO4. The molecule has 6 heteroatoms. The van der Waals surface area contributed by atoms with E-state index in [4.69, 9.17) is 21.1 Å². The van der Waals surface area contributed by atoms with Gasteiger partial charge in [-0.25, -0.2) is 0 Å². The molecule has 0 aliphatic carbocycles. The van der Waals surface area contributed by atoms with Gasteiger partial charge in [-0.15, -0.1) is 0 Å². The molecule has 5 nitrogen and oxygen atoms in total. The number of carbonyl (C=O) groups is 1. The summed E-state index contributed by atoms with van der Waals surface area (Å²) in [6.45, 7) is 3.98. The molecule has 0 spiro atoms. The number of aliphatic hydroxyl groups is 1. The largest absolute Gasteiger partial charge is 0.483 e. The van der Waals surface area contributed by atoms with Crippen LogP contribution in [0.5, 0.6) is 11.5 Å². The van der Waals surface area contributed by atoms with Crippen molar-refractivity contribution in [1.29, 1.82) is 0 Å². The molecule has 0 radical (unpaired) electrons. The van der Waals surface area contributed by atoms with Gasteiger partial charge >= 0.3 is 0 Å². The third kappa shape index (κ3) is 4.48. The lowest BCUT2D eigenvalue weighted by atomic mass is 10.0. The number of para-hydroxylation sites is 1. The van der Waals surface area contributed by atoms with Crippen LogP contribution >= 0.6 is 11.6 Å². The Hall–Kier alpha value is -2.24. The second-order valence-corrected chi connectivity index (χ2v) is 7.38. The van der Waals surface area contributed by atoms with E-state index < -0.39 is 6.10 Å². The quantitative estimate of drug-likeness (QED) is 0.813. The van der Waals surface area contributed by atoms with Crippen LogP contribution in [0.15, 0.2) is 42.5 Å². The maximum Gasteiger partial charge on any atom is 0.258 e. The van der Waals surface area contributed by atoms with Crippen molar-refractivity contribution < 1.29 is 19.4 Å². The minimum atomic E-state index is -0.804. The smallest absolute Gasteiger partial charge is 0.258 e. The highest BCUT2D eigenvalue weighted by Crippen LogP contribution is 2.41. The first-order chi connectivity index (χ1) is 12.3. The summed E-state index contributed by atoms with van der Waals surface area (Å²) in [5.74, 6) is 0.945. The zero-order chi connectivity index (χ0) is 18.7. The van der Waals surface area contributed by atoms with Gasteiger partial charge in [0.1, 0.15) is 5.60 Å². The molecule has 2 N–H and O–H groups in total. The van der Waals surface area contributed by atoms with Crippen molar-refractivity contribution >= 4 is 17.5 Å². The average molecular weight is 376 g/mol. The van der Waals surface area contributed by atoms with Crippen LogP contribution in [0.3, 0.4) is 0 Å². The molecule has 3 rings (SSSR count). The van der Waals surface area contributed by atoms with Crippen molar-refractivity contribution in [2.45, 2.75) is 32.0 Å². The molecule has 0 saturated heterocycles. The van der Waals surface area contributed by atoms with Gasteiger partial charge in [0.2, 0.25) is 0 Å². The van der Waals surface area contributed by atoms with Crippen LogP contribution in [0.25, 0.3) is 0 Å². The lowest BCUT2D eigenvalue weighted by molar-refractivity contribution is -0.123. The Bertz CT molecular complexity index is 789. The van der Waals surface area contributed by atoms with E-state index in [9.17, 15) is 9.90 Å². The highest BCUT2D eigenvalue weighted by Gasteiger charge is 2.32. The summed E-state index contributed by atoms with van der Waals surface area (Å²) in [5, 5.41) is 13.4. The van der Waals surface area contributed by atoms with E-state index in [2.05, 4.69) is 5.32 Å². The standard InChI is InChI=1S/C20H22ClNO4/c1-20(2)10-14-4-3-5-17(19(14)26-20)25-12-18(24)22-11-16(23)13-6-8-15(21)9-7-13/h3-9,16,23H,10-12H2,1-2H3,(H,22,24). The molecule has 1 heterocycles. The third-order valence-corrected chi connectivity index (χ3v) is 4.41. The first kappa shape index (κ1) is 18.5. The predicted octanol–water partition coefficient (Wildman–Crippen LogP) is 3.28. The van der Waals surface area contributed by atoms with Crippen molar-refractivity contribution in [2.75, 3.05) is 13.2 Å². The molecule has 1 aliphatic heterocycles. The fourth-order valence-corrected chi connectivity index (χ4v) is 3.03. The van der Waals surface area contributed by atoms with E-state index in [0.29, 0.717) is 22.1 Å². The number of rotatable bonds is 6. The summed E-state index contributed by atoms with van der Waals surface area (Å²) in [5.41, 5.74) is 1.49. The van der Waals surface area contributed by atoms with Gasteiger partial charge in [-0.1, -0.05) is 35.9 Å². The number of hydrogen-bond donors (Lipinski definition) is 2. The molecule has 0 saturated carbocycles. The second kappa shape index (κ2) is 7.56. The van der Waals surface area contributed by atoms with E-state index in [1.54, 1.807) is 30.3 Å². The van der Waals surface area contributed by atoms with Crippen molar-refractivity contribution in [2.24, 2.45) is 0 Å². The Balaban J connectivity index is 1.51. The molecule has 26 heavy (non-hydrogen) atoms. The summed E-state index contributed by atoms with van der Waals surface area (Å²) in [6, 6.07) is 12.5. The monoisotopic (exact) mass is 375 g/mol. The zero-order valence-corrected chi connectivity index (χ0v) is 15.5. The molecule has 2 aromatic carbocycles. The molecular weight excluding hydrogens is 354 g/mol. The molecule has 1 atom stereocenters. The predicted molar refractivity (Wildman–Crippen MR) is 99.8 cm³/mol. The second-order valence-electron chi connectivity index (χ2n) is 6.94. The van der Waals surface area contributed by atoms with Gasteiger partial charge < -0.3 is 19.9 Å². The molecule has 1 unspecified atom stereocenters. The number of fused-ring (bicyclic) bond motifs is 1. The number of amides is 1. The lowest BCUT2D eigenvalue weighted by Gasteiger charge is -2.18. The lowest BCUT2D eigenvalue weighted by Crippen LogP contribution is -2.32. The fraction of sp³-hybridized carbons (Fsp3) is 0.350. The number of ether oxygens (including phenoxy) is 2. The summed E-state index contributed by atoms with van der Waals surface area (Å²) in [4.78, 5) is 12.0. The normalized spacial score (nSPS) is 15.7. The molecule has 138 valence electrons. The van der Waals surface area contributed by atoms with Crippen LogP contribution in [0.4, 0.5) is 0 Å². The Kier molecular flexibility index (Phi) is 5.39. The highest BCUT2D eigenvalue weighted by molar-refractivity contribution is 6.30. The highest BCUT2D eigenvalue weighted by atomic mass is 35.5. The molecule has 1 aliphatic rings. The summed E-state index contributed by atoms with van der Waals surface area (Å²) in [6.07, 6.45) is 0.000246. The first-order valence-corrected chi connectivity index (χ1v) is 8.86. The summed E-state index contributed by atoms with van der Waals surface area (Å²) >= 11 is 5.82.